The number of benzene rings is 2. The average Bonchev–Trinajstić information content (AvgIpc) is 3.01. The summed E-state index contributed by atoms with van der Waals surface area (Å²) >= 11 is 6.31. The van der Waals surface area contributed by atoms with Crippen LogP contribution in [0.2, 0.25) is 5.02 Å². The first-order valence-corrected chi connectivity index (χ1v) is 17.5. The molecule has 7 nitrogen and oxygen atoms in total. The van der Waals surface area contributed by atoms with E-state index in [2.05, 4.69) is 35.8 Å². The van der Waals surface area contributed by atoms with Crippen molar-refractivity contribution in [1.29, 1.82) is 0 Å². The van der Waals surface area contributed by atoms with E-state index in [1.807, 2.05) is 24.3 Å². The second-order valence-electron chi connectivity index (χ2n) is 11.8. The van der Waals surface area contributed by atoms with Crippen molar-refractivity contribution in [2.45, 2.75) is 77.4 Å². The number of allylic oxidation sites excluding steroid dienone is 3. The van der Waals surface area contributed by atoms with Crippen molar-refractivity contribution in [2.75, 3.05) is 18.0 Å². The highest BCUT2D eigenvalue weighted by molar-refractivity contribution is 7.93. The summed E-state index contributed by atoms with van der Waals surface area (Å²) in [5.41, 5.74) is 3.17. The molecule has 1 amide bonds. The smallest absolute Gasteiger partial charge is 0.265 e. The first-order chi connectivity index (χ1) is 21.1. The van der Waals surface area contributed by atoms with Crippen LogP contribution in [0.15, 0.2) is 72.7 Å². The third-order valence-corrected chi connectivity index (χ3v) is 10.3. The van der Waals surface area contributed by atoms with Gasteiger partial charge in [0.15, 0.2) is 0 Å². The lowest BCUT2D eigenvalue weighted by atomic mass is 9.70. The number of halogens is 1. The van der Waals surface area contributed by atoms with Crippen molar-refractivity contribution in [3.63, 3.8) is 0 Å². The second-order valence-corrected chi connectivity index (χ2v) is 14.0. The van der Waals surface area contributed by atoms with E-state index in [9.17, 15) is 18.3 Å². The number of unbranched alkanes of at least 4 members (excludes halogenated alkanes) is 1. The maximum atomic E-state index is 13.3. The summed E-state index contributed by atoms with van der Waals surface area (Å²) in [4.78, 5) is 15.4. The Kier molecular flexibility index (Phi) is 12.1. The highest BCUT2D eigenvalue weighted by atomic mass is 35.5. The summed E-state index contributed by atoms with van der Waals surface area (Å²) in [6.45, 7) is 11.1. The Morgan fingerprint density at radius 3 is 2.73 bits per heavy atom. The lowest BCUT2D eigenvalue weighted by Gasteiger charge is -2.42. The number of anilines is 1. The lowest BCUT2D eigenvalue weighted by Crippen LogP contribution is -2.43. The van der Waals surface area contributed by atoms with E-state index >= 15 is 0 Å². The zero-order chi connectivity index (χ0) is 31.7. The molecule has 9 heteroatoms. The van der Waals surface area contributed by atoms with E-state index in [-0.39, 0.29) is 28.7 Å². The van der Waals surface area contributed by atoms with E-state index in [4.69, 9.17) is 16.3 Å². The highest BCUT2D eigenvalue weighted by Gasteiger charge is 2.36. The second kappa shape index (κ2) is 15.8. The van der Waals surface area contributed by atoms with Crippen molar-refractivity contribution < 1.29 is 23.1 Å². The summed E-state index contributed by atoms with van der Waals surface area (Å²) in [5.74, 6) is 0.327. The van der Waals surface area contributed by atoms with Crippen molar-refractivity contribution in [3.05, 3.63) is 94.4 Å². The monoisotopic (exact) mass is 640 g/mol. The predicted molar refractivity (Wildman–Crippen MR) is 179 cm³/mol. The minimum absolute atomic E-state index is 0.0627. The van der Waals surface area contributed by atoms with Crippen LogP contribution in [-0.4, -0.2) is 38.6 Å². The van der Waals surface area contributed by atoms with Crippen LogP contribution in [0.25, 0.3) is 0 Å². The van der Waals surface area contributed by atoms with E-state index in [0.29, 0.717) is 30.3 Å². The Labute approximate surface area is 267 Å². The zero-order valence-corrected chi connectivity index (χ0v) is 27.2. The van der Waals surface area contributed by atoms with Gasteiger partial charge in [-0.1, -0.05) is 55.8 Å². The van der Waals surface area contributed by atoms with Gasteiger partial charge in [-0.2, -0.15) is 0 Å². The Bertz CT molecular complexity index is 1470. The molecule has 2 aromatic rings. The van der Waals surface area contributed by atoms with Crippen LogP contribution in [0.3, 0.4) is 0 Å². The maximum Gasteiger partial charge on any atom is 0.265 e. The van der Waals surface area contributed by atoms with Gasteiger partial charge in [0.1, 0.15) is 12.4 Å². The summed E-state index contributed by atoms with van der Waals surface area (Å²) in [7, 11) is -4.05. The number of carbonyl (C=O) groups excluding carboxylic acids is 1. The molecule has 1 aliphatic heterocycles. The molecule has 0 saturated heterocycles. The third-order valence-electron chi connectivity index (χ3n) is 8.63. The summed E-state index contributed by atoms with van der Waals surface area (Å²) in [6.07, 6.45) is 12.4. The molecule has 0 unspecified atom stereocenters. The van der Waals surface area contributed by atoms with Crippen LogP contribution in [0, 0.1) is 11.8 Å². The molecule has 0 aromatic heterocycles. The number of amides is 1. The molecule has 2 aromatic carbocycles. The summed E-state index contributed by atoms with van der Waals surface area (Å²) in [6, 6.07) is 10.9. The third kappa shape index (κ3) is 8.77. The Morgan fingerprint density at radius 1 is 1.18 bits per heavy atom. The van der Waals surface area contributed by atoms with Gasteiger partial charge in [0.05, 0.1) is 16.7 Å². The molecular weight excluding hydrogens is 596 g/mol. The largest absolute Gasteiger partial charge is 0.487 e. The minimum atomic E-state index is -4.05. The fourth-order valence-electron chi connectivity index (χ4n) is 5.83. The van der Waals surface area contributed by atoms with Crippen molar-refractivity contribution >= 4 is 33.2 Å². The number of nitrogens with zero attached hydrogens (tertiary/aromatic N) is 1. The van der Waals surface area contributed by atoms with Gasteiger partial charge >= 0.3 is 0 Å². The number of rotatable bonds is 12. The molecular formula is C35H45ClN2O5S. The predicted octanol–water partition coefficient (Wildman–Crippen LogP) is 7.34. The molecule has 2 aliphatic rings. The van der Waals surface area contributed by atoms with Gasteiger partial charge < -0.3 is 14.7 Å². The molecule has 44 heavy (non-hydrogen) atoms. The molecule has 1 saturated carbocycles. The molecule has 2 N–H and O–H groups in total. The zero-order valence-electron chi connectivity index (χ0n) is 25.6. The number of aliphatic hydroxyl groups is 1. The molecule has 1 aliphatic carbocycles. The van der Waals surface area contributed by atoms with Crippen LogP contribution < -0.4 is 14.4 Å². The normalized spacial score (nSPS) is 19.5. The lowest BCUT2D eigenvalue weighted by molar-refractivity contribution is 0.0461. The topological polar surface area (TPSA) is 95.9 Å². The van der Waals surface area contributed by atoms with Crippen molar-refractivity contribution in [3.8, 4) is 5.75 Å². The standard InChI is InChI=1S/C35H45ClN2O5S/c1-4-6-8-13-33(39)31-18-15-28(31)23-38-20-10-9-12-26-21-30(36)17-14-29(26)24-43-34-19-16-27(22-32(34)38)35(40)37-44(41,42)25(3)11-7-5-2/h5,8,13-14,16-17,19,21-22,28,31,33,39H,2-4,6-7,9-12,15,18,20,23-24H2,1H3,(H,37,40)/b13-8+/t28-,31+,33-/m0/s1. The minimum Gasteiger partial charge on any atom is -0.487 e. The van der Waals surface area contributed by atoms with Crippen molar-refractivity contribution in [2.24, 2.45) is 11.8 Å². The van der Waals surface area contributed by atoms with E-state index in [0.717, 1.165) is 68.3 Å². The van der Waals surface area contributed by atoms with E-state index in [1.54, 1.807) is 24.3 Å². The maximum absolute atomic E-state index is 13.3. The molecule has 1 fully saturated rings. The number of nitrogens with one attached hydrogen (secondary N) is 1. The Morgan fingerprint density at radius 2 is 2.00 bits per heavy atom. The molecule has 4 rings (SSSR count). The molecule has 1 heterocycles. The van der Waals surface area contributed by atoms with Gasteiger partial charge in [0.25, 0.3) is 15.9 Å². The molecule has 0 radical (unpaired) electrons. The van der Waals surface area contributed by atoms with Gasteiger partial charge in [-0.15, -0.1) is 6.58 Å². The first kappa shape index (κ1) is 33.8. The Balaban J connectivity index is 1.63. The van der Waals surface area contributed by atoms with Crippen LogP contribution >= 0.6 is 11.6 Å². The molecule has 3 atom stereocenters. The quantitative estimate of drug-likeness (QED) is 0.236. The number of carbonyl (C=O) groups is 1. The fourth-order valence-corrected chi connectivity index (χ4v) is 6.92. The van der Waals surface area contributed by atoms with E-state index < -0.39 is 22.0 Å². The molecule has 0 spiro atoms. The number of aliphatic hydroxyl groups excluding tert-OH is 1. The Hall–Kier alpha value is -3.07. The number of fused-ring (bicyclic) bond motifs is 2. The van der Waals surface area contributed by atoms with Crippen LogP contribution in [0.1, 0.15) is 79.8 Å². The van der Waals surface area contributed by atoms with Gasteiger partial charge in [-0.3, -0.25) is 4.79 Å². The van der Waals surface area contributed by atoms with Crippen LogP contribution in [-0.2, 0) is 23.1 Å². The SMILES string of the molecule is C=CCCC(=C)S(=O)(=O)NC(=O)c1ccc2c(c1)N(C[C@@H]1CC[C@H]1[C@@H](O)/C=C/CCC)CCCCc1cc(Cl)ccc1CO2. The van der Waals surface area contributed by atoms with Gasteiger partial charge in [-0.05, 0) is 105 Å². The van der Waals surface area contributed by atoms with Gasteiger partial charge in [-0.25, -0.2) is 13.1 Å². The molecule has 0 bridgehead atoms. The molecule has 238 valence electrons. The summed E-state index contributed by atoms with van der Waals surface area (Å²) in [5, 5.41) is 11.6. The highest BCUT2D eigenvalue weighted by Crippen LogP contribution is 2.41. The number of aryl methyl sites for hydroxylation is 1. The average molecular weight is 641 g/mol. The number of sulfonamides is 1. The number of hydrogen-bond donors (Lipinski definition) is 2. The van der Waals surface area contributed by atoms with Gasteiger partial charge in [0.2, 0.25) is 0 Å². The summed E-state index contributed by atoms with van der Waals surface area (Å²) < 4.78 is 34.1. The van der Waals surface area contributed by atoms with Crippen molar-refractivity contribution in [1.82, 2.24) is 4.72 Å². The fraction of sp³-hybridized carbons (Fsp3) is 0.457. The number of ether oxygens (including phenoxy) is 1. The van der Waals surface area contributed by atoms with Gasteiger partial charge in [0, 0.05) is 23.7 Å². The first-order valence-electron chi connectivity index (χ1n) is 15.6. The van der Waals surface area contributed by atoms with Crippen LogP contribution in [0.4, 0.5) is 5.69 Å². The number of hydrogen-bond acceptors (Lipinski definition) is 6. The van der Waals surface area contributed by atoms with Crippen LogP contribution in [0.5, 0.6) is 5.75 Å². The van der Waals surface area contributed by atoms with E-state index in [1.165, 1.54) is 0 Å².